The normalized spacial score (nSPS) is 24.8. The van der Waals surface area contributed by atoms with E-state index in [0.29, 0.717) is 29.8 Å². The highest BCUT2D eigenvalue weighted by atomic mass is 16.3. The fourth-order valence-corrected chi connectivity index (χ4v) is 6.55. The molecule has 0 spiro atoms. The number of primary amides is 1. The van der Waals surface area contributed by atoms with Crippen LogP contribution in [0.3, 0.4) is 0 Å². The second kappa shape index (κ2) is 12.5. The minimum atomic E-state index is -0.607. The number of carbonyl (C=O) groups is 1. The number of piperidine rings is 1. The number of nitrogens with zero attached hydrogens (tertiary/aromatic N) is 5. The summed E-state index contributed by atoms with van der Waals surface area (Å²) in [4.78, 5) is 29.4. The highest BCUT2D eigenvalue weighted by Gasteiger charge is 2.30. The minimum absolute atomic E-state index is 0.145. The highest BCUT2D eigenvalue weighted by molar-refractivity contribution is 5.96. The van der Waals surface area contributed by atoms with Crippen molar-refractivity contribution in [3.05, 3.63) is 35.2 Å². The van der Waals surface area contributed by atoms with Gasteiger partial charge in [0.05, 0.1) is 11.3 Å². The second-order valence-corrected chi connectivity index (χ2v) is 12.5. The van der Waals surface area contributed by atoms with Crippen LogP contribution in [0.5, 0.6) is 0 Å². The number of aromatic nitrogens is 2. The lowest BCUT2D eigenvalue weighted by atomic mass is 9.83. The number of aryl methyl sites for hydroxylation is 2. The average Bonchev–Trinajstić information content (AvgIpc) is 2.95. The molecule has 3 fully saturated rings. The Hall–Kier alpha value is -2.95. The van der Waals surface area contributed by atoms with E-state index in [1.54, 1.807) is 0 Å². The number of anilines is 4. The van der Waals surface area contributed by atoms with Gasteiger partial charge in [0.25, 0.3) is 5.91 Å². The second-order valence-electron chi connectivity index (χ2n) is 12.5. The van der Waals surface area contributed by atoms with Crippen LogP contribution in [0.1, 0.15) is 74.1 Å². The zero-order valence-electron chi connectivity index (χ0n) is 25.2. The zero-order valence-corrected chi connectivity index (χ0v) is 25.2. The van der Waals surface area contributed by atoms with Gasteiger partial charge in [-0.25, -0.2) is 9.97 Å². The number of nitrogens with two attached hydrogens (primary N) is 1. The van der Waals surface area contributed by atoms with Crippen molar-refractivity contribution in [1.29, 1.82) is 0 Å². The van der Waals surface area contributed by atoms with Crippen molar-refractivity contribution in [2.45, 2.75) is 83.4 Å². The summed E-state index contributed by atoms with van der Waals surface area (Å²) in [7, 11) is 2.21. The van der Waals surface area contributed by atoms with Crippen LogP contribution in [-0.2, 0) is 6.42 Å². The fourth-order valence-electron chi connectivity index (χ4n) is 6.55. The fraction of sp³-hybridized carbons (Fsp3) is 0.645. The summed E-state index contributed by atoms with van der Waals surface area (Å²) in [6.45, 7) is 12.8. The van der Waals surface area contributed by atoms with Gasteiger partial charge in [0.1, 0.15) is 5.82 Å². The molecule has 2 aromatic rings. The highest BCUT2D eigenvalue weighted by Crippen LogP contribution is 2.32. The molecule has 41 heavy (non-hydrogen) atoms. The van der Waals surface area contributed by atoms with Gasteiger partial charge in [0, 0.05) is 62.7 Å². The lowest BCUT2D eigenvalue weighted by Gasteiger charge is -2.43. The molecule has 2 saturated heterocycles. The molecule has 3 heterocycles. The zero-order chi connectivity index (χ0) is 29.1. The van der Waals surface area contributed by atoms with Gasteiger partial charge in [0.2, 0.25) is 0 Å². The monoisotopic (exact) mass is 564 g/mol. The first-order valence-electron chi connectivity index (χ1n) is 15.4. The third kappa shape index (κ3) is 7.10. The summed E-state index contributed by atoms with van der Waals surface area (Å²) >= 11 is 0. The number of piperazine rings is 1. The number of benzene rings is 1. The minimum Gasteiger partial charge on any atom is -0.390 e. The molecule has 0 bridgehead atoms. The van der Waals surface area contributed by atoms with E-state index < -0.39 is 11.5 Å². The first-order valence-corrected chi connectivity index (χ1v) is 15.4. The first kappa shape index (κ1) is 29.5. The van der Waals surface area contributed by atoms with E-state index in [9.17, 15) is 9.90 Å². The Balaban J connectivity index is 1.28. The molecule has 10 heteroatoms. The number of hydrogen-bond donors (Lipinski definition) is 4. The number of amides is 1. The summed E-state index contributed by atoms with van der Waals surface area (Å²) in [5.41, 5.74) is 9.27. The molecule has 1 aliphatic carbocycles. The molecular weight excluding hydrogens is 516 g/mol. The number of aliphatic hydroxyl groups is 1. The van der Waals surface area contributed by atoms with Gasteiger partial charge >= 0.3 is 0 Å². The topological polar surface area (TPSA) is 123 Å². The van der Waals surface area contributed by atoms with Gasteiger partial charge in [-0.2, -0.15) is 0 Å². The Morgan fingerprint density at radius 2 is 1.73 bits per heavy atom. The number of hydrogen-bond acceptors (Lipinski definition) is 9. The third-order valence-electron chi connectivity index (χ3n) is 9.26. The summed E-state index contributed by atoms with van der Waals surface area (Å²) < 4.78 is 0. The van der Waals surface area contributed by atoms with Gasteiger partial charge in [-0.05, 0) is 89.6 Å². The standard InChI is InChI=1S/C31H48N8O2/c1-5-25-29(33-22-8-12-31(3,41)13-9-22)36-30(27(35-25)28(32)40)34-23-6-7-26(21(2)20-23)39-14-10-24(11-15-39)38-18-16-37(4)17-19-38/h6-7,20,22,24,41H,5,8-19H2,1-4H3,(H2,32,40)(H2,33,34,36). The van der Waals surface area contributed by atoms with Gasteiger partial charge < -0.3 is 31.3 Å². The molecule has 224 valence electrons. The SMILES string of the molecule is CCc1nc(C(N)=O)c(Nc2ccc(N3CCC(N4CCN(C)CC4)CC3)c(C)c2)nc1NC1CCC(C)(O)CC1. The van der Waals surface area contributed by atoms with E-state index in [1.807, 2.05) is 19.9 Å². The van der Waals surface area contributed by atoms with Crippen LogP contribution < -0.4 is 21.3 Å². The average molecular weight is 565 g/mol. The van der Waals surface area contributed by atoms with E-state index in [1.165, 1.54) is 37.2 Å². The smallest absolute Gasteiger partial charge is 0.271 e. The summed E-state index contributed by atoms with van der Waals surface area (Å²) in [6.07, 6.45) is 6.19. The lowest BCUT2D eigenvalue weighted by molar-refractivity contribution is 0.0196. The van der Waals surface area contributed by atoms with E-state index in [2.05, 4.69) is 56.4 Å². The van der Waals surface area contributed by atoms with E-state index in [0.717, 1.165) is 57.5 Å². The van der Waals surface area contributed by atoms with Gasteiger partial charge in [0.15, 0.2) is 11.5 Å². The van der Waals surface area contributed by atoms with Crippen molar-refractivity contribution in [3.8, 4) is 0 Å². The van der Waals surface area contributed by atoms with Crippen LogP contribution >= 0.6 is 0 Å². The maximum absolute atomic E-state index is 12.4. The van der Waals surface area contributed by atoms with Gasteiger partial charge in [-0.1, -0.05) is 6.92 Å². The molecule has 0 unspecified atom stereocenters. The van der Waals surface area contributed by atoms with Crippen molar-refractivity contribution in [3.63, 3.8) is 0 Å². The largest absolute Gasteiger partial charge is 0.390 e. The van der Waals surface area contributed by atoms with Crippen LogP contribution in [0.4, 0.5) is 23.0 Å². The molecule has 0 radical (unpaired) electrons. The third-order valence-corrected chi connectivity index (χ3v) is 9.26. The molecule has 1 saturated carbocycles. The molecule has 10 nitrogen and oxygen atoms in total. The van der Waals surface area contributed by atoms with Crippen molar-refractivity contribution in [2.75, 3.05) is 61.8 Å². The number of carbonyl (C=O) groups excluding carboxylic acids is 1. The van der Waals surface area contributed by atoms with Gasteiger partial charge in [-0.15, -0.1) is 0 Å². The Kier molecular flexibility index (Phi) is 9.01. The maximum atomic E-state index is 12.4. The Morgan fingerprint density at radius 1 is 1.05 bits per heavy atom. The van der Waals surface area contributed by atoms with Gasteiger partial charge in [-0.3, -0.25) is 9.69 Å². The summed E-state index contributed by atoms with van der Waals surface area (Å²) in [6, 6.07) is 7.20. The molecule has 5 N–H and O–H groups in total. The molecule has 3 aliphatic rings. The lowest BCUT2D eigenvalue weighted by Crippen LogP contribution is -2.52. The van der Waals surface area contributed by atoms with E-state index in [-0.39, 0.29) is 11.7 Å². The number of rotatable bonds is 8. The molecule has 1 aromatic heterocycles. The maximum Gasteiger partial charge on any atom is 0.271 e. The van der Waals surface area contributed by atoms with Crippen LogP contribution in [-0.4, -0.2) is 94.8 Å². The Labute approximate surface area is 244 Å². The molecule has 2 aliphatic heterocycles. The summed E-state index contributed by atoms with van der Waals surface area (Å²) in [5.74, 6) is 0.426. The molecular formula is C31H48N8O2. The number of likely N-dealkylation sites (N-methyl/N-ethyl adjacent to an activating group) is 1. The Morgan fingerprint density at radius 3 is 2.34 bits per heavy atom. The summed E-state index contributed by atoms with van der Waals surface area (Å²) in [5, 5.41) is 17.2. The van der Waals surface area contributed by atoms with Crippen molar-refractivity contribution in [1.82, 2.24) is 19.8 Å². The van der Waals surface area contributed by atoms with E-state index >= 15 is 0 Å². The number of nitrogens with one attached hydrogen (secondary N) is 2. The van der Waals surface area contributed by atoms with Crippen molar-refractivity contribution in [2.24, 2.45) is 5.73 Å². The molecule has 1 aromatic carbocycles. The molecule has 1 amide bonds. The van der Waals surface area contributed by atoms with Crippen LogP contribution in [0, 0.1) is 6.92 Å². The van der Waals surface area contributed by atoms with E-state index in [4.69, 9.17) is 10.7 Å². The molecule has 5 rings (SSSR count). The Bertz CT molecular complexity index is 1210. The van der Waals surface area contributed by atoms with Crippen LogP contribution in [0.2, 0.25) is 0 Å². The van der Waals surface area contributed by atoms with Crippen LogP contribution in [0.15, 0.2) is 18.2 Å². The predicted octanol–water partition coefficient (Wildman–Crippen LogP) is 3.51. The van der Waals surface area contributed by atoms with Crippen molar-refractivity contribution < 1.29 is 9.90 Å². The van der Waals surface area contributed by atoms with Crippen LogP contribution in [0.25, 0.3) is 0 Å². The predicted molar refractivity (Wildman–Crippen MR) is 165 cm³/mol. The van der Waals surface area contributed by atoms with Crippen molar-refractivity contribution >= 4 is 28.9 Å². The quantitative estimate of drug-likeness (QED) is 0.381. The molecule has 0 atom stereocenters. The first-order chi connectivity index (χ1) is 19.6.